The molecular formula is C23H36O5Si. The van der Waals surface area contributed by atoms with Crippen molar-refractivity contribution in [3.8, 4) is 0 Å². The second-order valence-electron chi connectivity index (χ2n) is 12.1. The van der Waals surface area contributed by atoms with E-state index in [1.54, 1.807) is 0 Å². The lowest BCUT2D eigenvalue weighted by Crippen LogP contribution is -2.47. The average molecular weight is 421 g/mol. The van der Waals surface area contributed by atoms with Crippen LogP contribution in [-0.4, -0.2) is 38.6 Å². The van der Waals surface area contributed by atoms with Crippen molar-refractivity contribution in [2.45, 2.75) is 89.6 Å². The molecule has 5 rings (SSSR count). The van der Waals surface area contributed by atoms with E-state index in [1.807, 2.05) is 0 Å². The average Bonchev–Trinajstić information content (AvgIpc) is 3.02. The molecule has 8 atom stereocenters. The van der Waals surface area contributed by atoms with E-state index in [9.17, 15) is 9.59 Å². The van der Waals surface area contributed by atoms with Gasteiger partial charge in [0, 0.05) is 11.8 Å². The van der Waals surface area contributed by atoms with Crippen LogP contribution in [0.2, 0.25) is 19.6 Å². The van der Waals surface area contributed by atoms with E-state index < -0.39 is 19.3 Å². The zero-order chi connectivity index (χ0) is 21.0. The van der Waals surface area contributed by atoms with Crippen LogP contribution < -0.4 is 0 Å². The van der Waals surface area contributed by atoms with Crippen LogP contribution in [0, 0.1) is 34.5 Å². The van der Waals surface area contributed by atoms with Gasteiger partial charge in [-0.3, -0.25) is 9.59 Å². The lowest BCUT2D eigenvalue weighted by atomic mass is 9.60. The summed E-state index contributed by atoms with van der Waals surface area (Å²) in [4.78, 5) is 26.4. The molecule has 5 fully saturated rings. The van der Waals surface area contributed by atoms with Crippen molar-refractivity contribution in [2.75, 3.05) is 7.11 Å². The first-order valence-electron chi connectivity index (χ1n) is 11.4. The Kier molecular flexibility index (Phi) is 3.92. The number of methoxy groups -OCH3 is 1. The number of hydrogen-bond acceptors (Lipinski definition) is 5. The first kappa shape index (κ1) is 20.0. The van der Waals surface area contributed by atoms with Crippen LogP contribution in [0.15, 0.2) is 0 Å². The van der Waals surface area contributed by atoms with Crippen LogP contribution in [0.4, 0.5) is 0 Å². The predicted octanol–water partition coefficient (Wildman–Crippen LogP) is 4.31. The molecule has 0 amide bonds. The molecule has 29 heavy (non-hydrogen) atoms. The maximum absolute atomic E-state index is 13.3. The van der Waals surface area contributed by atoms with Gasteiger partial charge in [0.1, 0.15) is 5.60 Å². The summed E-state index contributed by atoms with van der Waals surface area (Å²) in [5, 5.41) is 0. The summed E-state index contributed by atoms with van der Waals surface area (Å²) in [7, 11) is -0.241. The van der Waals surface area contributed by atoms with Gasteiger partial charge in [-0.2, -0.15) is 0 Å². The van der Waals surface area contributed by atoms with Gasteiger partial charge in [-0.25, -0.2) is 0 Å². The Morgan fingerprint density at radius 3 is 2.55 bits per heavy atom. The van der Waals surface area contributed by atoms with Crippen molar-refractivity contribution in [1.29, 1.82) is 0 Å². The van der Waals surface area contributed by atoms with Crippen LogP contribution in [-0.2, 0) is 23.5 Å². The van der Waals surface area contributed by atoms with Gasteiger partial charge in [0.15, 0.2) is 8.32 Å². The van der Waals surface area contributed by atoms with E-state index in [1.165, 1.54) is 7.11 Å². The van der Waals surface area contributed by atoms with Crippen molar-refractivity contribution < 1.29 is 23.5 Å². The fourth-order valence-electron chi connectivity index (χ4n) is 9.03. The largest absolute Gasteiger partial charge is 0.469 e. The zero-order valence-electron chi connectivity index (χ0n) is 18.8. The SMILES string of the molecule is COC(=O)C1C2C3(C)CCC[C@@]2(OC3=O)C2CC[C@@H]3C[C@]12C[C@@]3(C)O[Si](C)(C)C. The highest BCUT2D eigenvalue weighted by Gasteiger charge is 2.83. The summed E-state index contributed by atoms with van der Waals surface area (Å²) in [6.07, 6.45) is 6.75. The number of fused-ring (bicyclic) bond motifs is 1. The number of hydrogen-bond donors (Lipinski definition) is 0. The minimum absolute atomic E-state index is 0.0540. The Hall–Kier alpha value is -0.883. The van der Waals surface area contributed by atoms with Crippen molar-refractivity contribution in [3.05, 3.63) is 0 Å². The summed E-state index contributed by atoms with van der Waals surface area (Å²) < 4.78 is 18.6. The summed E-state index contributed by atoms with van der Waals surface area (Å²) in [6.45, 7) is 11.1. The lowest BCUT2D eigenvalue weighted by Gasteiger charge is -2.43. The highest BCUT2D eigenvalue weighted by Crippen LogP contribution is 2.78. The van der Waals surface area contributed by atoms with Crippen molar-refractivity contribution in [1.82, 2.24) is 0 Å². The second-order valence-corrected chi connectivity index (χ2v) is 16.5. The predicted molar refractivity (Wildman–Crippen MR) is 110 cm³/mol. The van der Waals surface area contributed by atoms with E-state index >= 15 is 0 Å². The molecule has 6 heteroatoms. The molecular weight excluding hydrogens is 384 g/mol. The molecule has 4 aliphatic carbocycles. The van der Waals surface area contributed by atoms with Crippen LogP contribution in [0.3, 0.4) is 0 Å². The van der Waals surface area contributed by atoms with Gasteiger partial charge in [-0.05, 0) is 89.8 Å². The first-order chi connectivity index (χ1) is 13.4. The van der Waals surface area contributed by atoms with E-state index in [0.29, 0.717) is 5.92 Å². The van der Waals surface area contributed by atoms with E-state index in [-0.39, 0.29) is 40.7 Å². The number of ether oxygens (including phenoxy) is 2. The summed E-state index contributed by atoms with van der Waals surface area (Å²) in [5.41, 5.74) is -1.39. The van der Waals surface area contributed by atoms with E-state index in [4.69, 9.17) is 13.9 Å². The molecule has 0 aromatic heterocycles. The molecule has 4 saturated carbocycles. The normalized spacial score (nSPS) is 52.7. The third-order valence-corrected chi connectivity index (χ3v) is 10.5. The highest BCUT2D eigenvalue weighted by molar-refractivity contribution is 6.69. The number of carbonyl (C=O) groups excluding carboxylic acids is 2. The van der Waals surface area contributed by atoms with Crippen LogP contribution >= 0.6 is 0 Å². The maximum atomic E-state index is 13.3. The maximum Gasteiger partial charge on any atom is 0.312 e. The van der Waals surface area contributed by atoms with Gasteiger partial charge in [-0.15, -0.1) is 0 Å². The van der Waals surface area contributed by atoms with Crippen LogP contribution in [0.5, 0.6) is 0 Å². The Morgan fingerprint density at radius 2 is 1.90 bits per heavy atom. The smallest absolute Gasteiger partial charge is 0.312 e. The van der Waals surface area contributed by atoms with Gasteiger partial charge >= 0.3 is 11.9 Å². The second kappa shape index (κ2) is 5.67. The Morgan fingerprint density at radius 1 is 1.17 bits per heavy atom. The molecule has 1 saturated heterocycles. The minimum atomic E-state index is -1.74. The van der Waals surface area contributed by atoms with E-state index in [0.717, 1.165) is 44.9 Å². The molecule has 4 unspecified atom stereocenters. The molecule has 5 nitrogen and oxygen atoms in total. The summed E-state index contributed by atoms with van der Waals surface area (Å²) in [6, 6.07) is 0. The van der Waals surface area contributed by atoms with Gasteiger partial charge in [-0.1, -0.05) is 0 Å². The fraction of sp³-hybridized carbons (Fsp3) is 0.913. The summed E-state index contributed by atoms with van der Waals surface area (Å²) >= 11 is 0. The van der Waals surface area contributed by atoms with E-state index in [2.05, 4.69) is 33.5 Å². The highest BCUT2D eigenvalue weighted by atomic mass is 28.4. The van der Waals surface area contributed by atoms with Gasteiger partial charge in [0.25, 0.3) is 0 Å². The van der Waals surface area contributed by atoms with Crippen molar-refractivity contribution in [2.24, 2.45) is 34.5 Å². The summed E-state index contributed by atoms with van der Waals surface area (Å²) in [5.74, 6) is 0.191. The molecule has 162 valence electrons. The van der Waals surface area contributed by atoms with Gasteiger partial charge in [0.05, 0.1) is 24.0 Å². The molecule has 1 aliphatic heterocycles. The molecule has 0 aromatic rings. The third kappa shape index (κ3) is 2.31. The standard InChI is InChI=1S/C23H36O5Si/c1-20-10-7-11-23(27-19(20)25)15-9-8-14-12-22(15,16(17(20)23)18(24)26-3)13-21(14,2)28-29(4,5)6/h14-17H,7-13H2,1-6H3/t14-,15?,16?,17?,20?,21-,22-,23-/m1/s1. The van der Waals surface area contributed by atoms with Crippen LogP contribution in [0.25, 0.3) is 0 Å². The molecule has 5 aliphatic rings. The third-order valence-electron chi connectivity index (χ3n) is 9.43. The number of rotatable bonds is 3. The fourth-order valence-corrected chi connectivity index (χ4v) is 10.7. The van der Waals surface area contributed by atoms with Gasteiger partial charge < -0.3 is 13.9 Å². The number of carbonyl (C=O) groups is 2. The molecule has 1 spiro atoms. The number of esters is 2. The quantitative estimate of drug-likeness (QED) is 0.503. The first-order valence-corrected chi connectivity index (χ1v) is 14.8. The zero-order valence-corrected chi connectivity index (χ0v) is 19.8. The topological polar surface area (TPSA) is 61.8 Å². The molecule has 0 radical (unpaired) electrons. The molecule has 4 bridgehead atoms. The van der Waals surface area contributed by atoms with Crippen molar-refractivity contribution >= 4 is 20.3 Å². The lowest BCUT2D eigenvalue weighted by molar-refractivity contribution is -0.161. The Labute approximate surface area is 175 Å². The Bertz CT molecular complexity index is 776. The van der Waals surface area contributed by atoms with Crippen molar-refractivity contribution in [3.63, 3.8) is 0 Å². The van der Waals surface area contributed by atoms with Crippen LogP contribution in [0.1, 0.15) is 58.8 Å². The minimum Gasteiger partial charge on any atom is -0.469 e. The molecule has 1 heterocycles. The Balaban J connectivity index is 1.66. The monoisotopic (exact) mass is 420 g/mol. The molecule has 0 aromatic carbocycles. The van der Waals surface area contributed by atoms with Gasteiger partial charge in [0.2, 0.25) is 0 Å². The molecule has 0 N–H and O–H groups in total.